The number of carbonyl (C=O) groups is 1. The van der Waals surface area contributed by atoms with Crippen molar-refractivity contribution in [1.82, 2.24) is 5.32 Å². The first-order chi connectivity index (χ1) is 8.32. The van der Waals surface area contributed by atoms with E-state index in [1.807, 2.05) is 0 Å². The van der Waals surface area contributed by atoms with E-state index in [2.05, 4.69) is 5.32 Å². The molecule has 1 aromatic carbocycles. The Balaban J connectivity index is 2.61. The van der Waals surface area contributed by atoms with Crippen molar-refractivity contribution in [2.75, 3.05) is 6.54 Å². The van der Waals surface area contributed by atoms with Crippen LogP contribution in [0.1, 0.15) is 18.5 Å². The molecule has 0 aliphatic carbocycles. The second kappa shape index (κ2) is 5.86. The van der Waals surface area contributed by atoms with Gasteiger partial charge in [-0.1, -0.05) is 30.3 Å². The van der Waals surface area contributed by atoms with Crippen LogP contribution in [0.5, 0.6) is 0 Å². The normalized spacial score (nSPS) is 15.1. The van der Waals surface area contributed by atoms with Crippen molar-refractivity contribution in [3.63, 3.8) is 0 Å². The Hall–Kier alpha value is -1.56. The molecule has 3 nitrogen and oxygen atoms in total. The largest absolute Gasteiger partial charge is 0.481 e. The molecule has 2 unspecified atom stereocenters. The molecule has 2 atom stereocenters. The van der Waals surface area contributed by atoms with E-state index >= 15 is 0 Å². The Labute approximate surface area is 103 Å². The third-order valence-corrected chi connectivity index (χ3v) is 2.62. The lowest BCUT2D eigenvalue weighted by Gasteiger charge is -2.20. The fourth-order valence-electron chi connectivity index (χ4n) is 1.50. The number of carboxylic acids is 1. The average Bonchev–Trinajstić information content (AvgIpc) is 2.28. The first kappa shape index (κ1) is 14.5. The van der Waals surface area contributed by atoms with E-state index in [1.165, 1.54) is 0 Å². The molecule has 18 heavy (non-hydrogen) atoms. The standard InChI is InChI=1S/C12H14F3NO2/c1-8(9-5-3-2-4-6-9)16-7-10(11(17)18)12(13,14)15/h2-6,8,10,16H,7H2,1H3,(H,17,18). The number of nitrogens with one attached hydrogen (secondary N) is 1. The monoisotopic (exact) mass is 261 g/mol. The van der Waals surface area contributed by atoms with Crippen LogP contribution in [0.15, 0.2) is 30.3 Å². The van der Waals surface area contributed by atoms with Gasteiger partial charge in [-0.2, -0.15) is 13.2 Å². The van der Waals surface area contributed by atoms with E-state index in [4.69, 9.17) is 5.11 Å². The maximum atomic E-state index is 12.4. The van der Waals surface area contributed by atoms with Crippen LogP contribution in [0.3, 0.4) is 0 Å². The third kappa shape index (κ3) is 4.03. The second-order valence-corrected chi connectivity index (χ2v) is 3.97. The predicted molar refractivity (Wildman–Crippen MR) is 60.0 cm³/mol. The number of benzene rings is 1. The highest BCUT2D eigenvalue weighted by atomic mass is 19.4. The summed E-state index contributed by atoms with van der Waals surface area (Å²) in [5, 5.41) is 11.1. The molecule has 2 N–H and O–H groups in total. The fourth-order valence-corrected chi connectivity index (χ4v) is 1.50. The van der Waals surface area contributed by atoms with Gasteiger partial charge in [-0.15, -0.1) is 0 Å². The molecule has 0 amide bonds. The first-order valence-corrected chi connectivity index (χ1v) is 5.40. The van der Waals surface area contributed by atoms with E-state index in [1.54, 1.807) is 37.3 Å². The SMILES string of the molecule is CC(NCC(C(=O)O)C(F)(F)F)c1ccccc1. The van der Waals surface area contributed by atoms with Gasteiger partial charge in [-0.05, 0) is 12.5 Å². The minimum absolute atomic E-state index is 0.338. The molecular formula is C12H14F3NO2. The van der Waals surface area contributed by atoms with Gasteiger partial charge in [0.1, 0.15) is 0 Å². The summed E-state index contributed by atoms with van der Waals surface area (Å²) in [7, 11) is 0. The molecule has 0 radical (unpaired) electrons. The molecule has 0 saturated heterocycles. The van der Waals surface area contributed by atoms with Gasteiger partial charge < -0.3 is 10.4 Å². The Kier molecular flexibility index (Phi) is 4.72. The van der Waals surface area contributed by atoms with Crippen LogP contribution in [-0.2, 0) is 4.79 Å². The molecular weight excluding hydrogens is 247 g/mol. The minimum Gasteiger partial charge on any atom is -0.481 e. The van der Waals surface area contributed by atoms with E-state index < -0.39 is 24.6 Å². The summed E-state index contributed by atoms with van der Waals surface area (Å²) >= 11 is 0. The van der Waals surface area contributed by atoms with Crippen molar-refractivity contribution in [1.29, 1.82) is 0 Å². The van der Waals surface area contributed by atoms with Gasteiger partial charge in [0.15, 0.2) is 5.92 Å². The van der Waals surface area contributed by atoms with Gasteiger partial charge >= 0.3 is 12.1 Å². The highest BCUT2D eigenvalue weighted by Gasteiger charge is 2.44. The number of aliphatic carboxylic acids is 1. The maximum absolute atomic E-state index is 12.4. The van der Waals surface area contributed by atoms with Gasteiger partial charge in [-0.25, -0.2) is 0 Å². The Morgan fingerprint density at radius 1 is 1.33 bits per heavy atom. The Bertz CT molecular complexity index is 392. The summed E-state index contributed by atoms with van der Waals surface area (Å²) in [4.78, 5) is 10.5. The third-order valence-electron chi connectivity index (χ3n) is 2.62. The zero-order chi connectivity index (χ0) is 13.8. The van der Waals surface area contributed by atoms with E-state index in [9.17, 15) is 18.0 Å². The van der Waals surface area contributed by atoms with Crippen LogP contribution in [0, 0.1) is 5.92 Å². The van der Waals surface area contributed by atoms with Crippen LogP contribution in [0.25, 0.3) is 0 Å². The van der Waals surface area contributed by atoms with Crippen molar-refractivity contribution < 1.29 is 23.1 Å². The topological polar surface area (TPSA) is 49.3 Å². The summed E-state index contributed by atoms with van der Waals surface area (Å²) in [6, 6.07) is 8.53. The summed E-state index contributed by atoms with van der Waals surface area (Å²) in [6.45, 7) is 1.04. The molecule has 6 heteroatoms. The molecule has 100 valence electrons. The molecule has 0 aliphatic rings. The Morgan fingerprint density at radius 3 is 2.33 bits per heavy atom. The minimum atomic E-state index is -4.74. The van der Waals surface area contributed by atoms with Gasteiger partial charge in [0, 0.05) is 12.6 Å². The molecule has 0 aliphatic heterocycles. The van der Waals surface area contributed by atoms with Crippen molar-refractivity contribution in [3.8, 4) is 0 Å². The van der Waals surface area contributed by atoms with Gasteiger partial charge in [0.05, 0.1) is 0 Å². The number of halogens is 3. The van der Waals surface area contributed by atoms with Gasteiger partial charge in [0.25, 0.3) is 0 Å². The van der Waals surface area contributed by atoms with Crippen LogP contribution in [-0.4, -0.2) is 23.8 Å². The lowest BCUT2D eigenvalue weighted by atomic mass is 10.1. The maximum Gasteiger partial charge on any atom is 0.403 e. The summed E-state index contributed by atoms with van der Waals surface area (Å²) in [5.41, 5.74) is 0.809. The average molecular weight is 261 g/mol. The van der Waals surface area contributed by atoms with E-state index in [0.717, 1.165) is 5.56 Å². The predicted octanol–water partition coefficient (Wildman–Crippen LogP) is 2.60. The van der Waals surface area contributed by atoms with Gasteiger partial charge in [0.2, 0.25) is 0 Å². The number of carboxylic acid groups (broad SMARTS) is 1. The summed E-state index contributed by atoms with van der Waals surface area (Å²) < 4.78 is 37.2. The second-order valence-electron chi connectivity index (χ2n) is 3.97. The Morgan fingerprint density at radius 2 is 1.89 bits per heavy atom. The molecule has 0 aromatic heterocycles. The number of hydrogen-bond donors (Lipinski definition) is 2. The molecule has 0 saturated carbocycles. The van der Waals surface area contributed by atoms with Crippen molar-refractivity contribution in [3.05, 3.63) is 35.9 Å². The van der Waals surface area contributed by atoms with Crippen molar-refractivity contribution in [2.24, 2.45) is 5.92 Å². The number of rotatable bonds is 5. The number of alkyl halides is 3. The van der Waals surface area contributed by atoms with Crippen LogP contribution < -0.4 is 5.32 Å². The van der Waals surface area contributed by atoms with Crippen molar-refractivity contribution in [2.45, 2.75) is 19.1 Å². The van der Waals surface area contributed by atoms with E-state index in [0.29, 0.717) is 0 Å². The molecule has 1 aromatic rings. The summed E-state index contributed by atoms with van der Waals surface area (Å²) in [6.07, 6.45) is -4.74. The highest BCUT2D eigenvalue weighted by molar-refractivity contribution is 5.71. The smallest absolute Gasteiger partial charge is 0.403 e. The first-order valence-electron chi connectivity index (χ1n) is 5.40. The molecule has 0 heterocycles. The quantitative estimate of drug-likeness (QED) is 0.856. The lowest BCUT2D eigenvalue weighted by molar-refractivity contribution is -0.192. The highest BCUT2D eigenvalue weighted by Crippen LogP contribution is 2.26. The molecule has 0 bridgehead atoms. The summed E-state index contributed by atoms with van der Waals surface area (Å²) in [5.74, 6) is -4.25. The van der Waals surface area contributed by atoms with Crippen LogP contribution in [0.4, 0.5) is 13.2 Å². The van der Waals surface area contributed by atoms with Gasteiger partial charge in [-0.3, -0.25) is 4.79 Å². The zero-order valence-electron chi connectivity index (χ0n) is 9.74. The van der Waals surface area contributed by atoms with Crippen LogP contribution >= 0.6 is 0 Å². The molecule has 1 rings (SSSR count). The number of hydrogen-bond acceptors (Lipinski definition) is 2. The fraction of sp³-hybridized carbons (Fsp3) is 0.417. The molecule has 0 fully saturated rings. The van der Waals surface area contributed by atoms with Crippen LogP contribution in [0.2, 0.25) is 0 Å². The zero-order valence-corrected chi connectivity index (χ0v) is 9.74. The van der Waals surface area contributed by atoms with Crippen molar-refractivity contribution >= 4 is 5.97 Å². The molecule has 0 spiro atoms. The van der Waals surface area contributed by atoms with E-state index in [-0.39, 0.29) is 6.04 Å². The lowest BCUT2D eigenvalue weighted by Crippen LogP contribution is -2.39.